The molecule has 18 heavy (non-hydrogen) atoms. The van der Waals surface area contributed by atoms with E-state index in [-0.39, 0.29) is 11.9 Å². The van der Waals surface area contributed by atoms with Gasteiger partial charge in [-0.2, -0.15) is 5.10 Å². The maximum Gasteiger partial charge on any atom is 0.239 e. The van der Waals surface area contributed by atoms with Crippen molar-refractivity contribution >= 4 is 5.91 Å². The molecule has 1 saturated heterocycles. The molecule has 5 nitrogen and oxygen atoms in total. The standard InChI is InChI=1S/C13H22N4O/c1-4-17-12(6-8-15-17)10-5-7-14-11(9-10)13(18)16(2)3/h6,8,10-11,14H,4-5,7,9H2,1-3H3. The van der Waals surface area contributed by atoms with Gasteiger partial charge in [0.2, 0.25) is 5.91 Å². The first-order valence-corrected chi connectivity index (χ1v) is 6.59. The number of aromatic nitrogens is 2. The van der Waals surface area contributed by atoms with Crippen molar-refractivity contribution in [2.75, 3.05) is 20.6 Å². The summed E-state index contributed by atoms with van der Waals surface area (Å²) in [6, 6.07) is 2.02. The number of nitrogens with one attached hydrogen (secondary N) is 1. The highest BCUT2D eigenvalue weighted by Crippen LogP contribution is 2.27. The van der Waals surface area contributed by atoms with Crippen LogP contribution < -0.4 is 5.32 Å². The van der Waals surface area contributed by atoms with Crippen LogP contribution in [0.15, 0.2) is 12.3 Å². The van der Waals surface area contributed by atoms with Gasteiger partial charge in [-0.05, 0) is 32.4 Å². The maximum atomic E-state index is 12.0. The Morgan fingerprint density at radius 2 is 2.39 bits per heavy atom. The molecule has 0 spiro atoms. The molecule has 2 rings (SSSR count). The Morgan fingerprint density at radius 3 is 3.06 bits per heavy atom. The average molecular weight is 250 g/mol. The van der Waals surface area contributed by atoms with Crippen molar-refractivity contribution in [3.05, 3.63) is 18.0 Å². The minimum Gasteiger partial charge on any atom is -0.347 e. The van der Waals surface area contributed by atoms with Gasteiger partial charge < -0.3 is 10.2 Å². The molecule has 1 aliphatic rings. The SMILES string of the molecule is CCn1nccc1C1CCNC(C(=O)N(C)C)C1. The van der Waals surface area contributed by atoms with Gasteiger partial charge in [-0.15, -0.1) is 0 Å². The number of hydrogen-bond acceptors (Lipinski definition) is 3. The smallest absolute Gasteiger partial charge is 0.239 e. The average Bonchev–Trinajstić information content (AvgIpc) is 2.86. The Balaban J connectivity index is 2.09. The lowest BCUT2D eigenvalue weighted by Gasteiger charge is -2.31. The number of amides is 1. The van der Waals surface area contributed by atoms with Gasteiger partial charge in [-0.3, -0.25) is 9.48 Å². The molecule has 0 radical (unpaired) electrons. The number of piperidine rings is 1. The van der Waals surface area contributed by atoms with Crippen molar-refractivity contribution in [3.63, 3.8) is 0 Å². The largest absolute Gasteiger partial charge is 0.347 e. The van der Waals surface area contributed by atoms with Gasteiger partial charge >= 0.3 is 0 Å². The van der Waals surface area contributed by atoms with Gasteiger partial charge in [-0.25, -0.2) is 0 Å². The first kappa shape index (κ1) is 13.1. The molecule has 2 heterocycles. The molecule has 0 aromatic carbocycles. The molecule has 100 valence electrons. The third-order valence-electron chi connectivity index (χ3n) is 3.61. The predicted octanol–water partition coefficient (Wildman–Crippen LogP) is 0.827. The molecule has 1 aromatic rings. The van der Waals surface area contributed by atoms with Crippen molar-refractivity contribution in [3.8, 4) is 0 Å². The van der Waals surface area contributed by atoms with E-state index in [9.17, 15) is 4.79 Å². The van der Waals surface area contributed by atoms with Crippen LogP contribution in [0.5, 0.6) is 0 Å². The Labute approximate surface area is 108 Å². The summed E-state index contributed by atoms with van der Waals surface area (Å²) in [5.74, 6) is 0.602. The molecule has 0 saturated carbocycles. The molecule has 2 unspecified atom stereocenters. The molecule has 1 aliphatic heterocycles. The Kier molecular flexibility index (Phi) is 4.01. The molecule has 1 fully saturated rings. The summed E-state index contributed by atoms with van der Waals surface area (Å²) in [5, 5.41) is 7.62. The van der Waals surface area contributed by atoms with E-state index in [1.807, 2.05) is 25.0 Å². The molecule has 1 N–H and O–H groups in total. The number of rotatable bonds is 3. The van der Waals surface area contributed by atoms with Crippen molar-refractivity contribution in [2.24, 2.45) is 0 Å². The van der Waals surface area contributed by atoms with Gasteiger partial charge in [0.05, 0.1) is 6.04 Å². The van der Waals surface area contributed by atoms with Crippen LogP contribution in [-0.2, 0) is 11.3 Å². The molecular formula is C13H22N4O. The van der Waals surface area contributed by atoms with Crippen LogP contribution in [0.3, 0.4) is 0 Å². The third kappa shape index (κ3) is 2.56. The van der Waals surface area contributed by atoms with Crippen molar-refractivity contribution in [1.29, 1.82) is 0 Å². The van der Waals surface area contributed by atoms with Gasteiger partial charge in [0.1, 0.15) is 0 Å². The van der Waals surface area contributed by atoms with Crippen molar-refractivity contribution in [1.82, 2.24) is 20.0 Å². The maximum absolute atomic E-state index is 12.0. The first-order valence-electron chi connectivity index (χ1n) is 6.59. The highest BCUT2D eigenvalue weighted by molar-refractivity contribution is 5.81. The minimum absolute atomic E-state index is 0.0565. The van der Waals surface area contributed by atoms with Crippen LogP contribution in [0.25, 0.3) is 0 Å². The predicted molar refractivity (Wildman–Crippen MR) is 70.4 cm³/mol. The number of aryl methyl sites for hydroxylation is 1. The van der Waals surface area contributed by atoms with Crippen molar-refractivity contribution < 1.29 is 4.79 Å². The zero-order chi connectivity index (χ0) is 13.1. The first-order chi connectivity index (χ1) is 8.63. The van der Waals surface area contributed by atoms with Gasteiger partial charge in [0.25, 0.3) is 0 Å². The Morgan fingerprint density at radius 1 is 1.61 bits per heavy atom. The fourth-order valence-corrected chi connectivity index (χ4v) is 2.64. The van der Waals surface area contributed by atoms with Crippen LogP contribution in [0, 0.1) is 0 Å². The molecule has 0 bridgehead atoms. The lowest BCUT2D eigenvalue weighted by atomic mass is 9.89. The molecular weight excluding hydrogens is 228 g/mol. The number of likely N-dealkylation sites (N-methyl/N-ethyl adjacent to an activating group) is 1. The van der Waals surface area contributed by atoms with E-state index in [0.717, 1.165) is 25.9 Å². The number of nitrogens with zero attached hydrogens (tertiary/aromatic N) is 3. The summed E-state index contributed by atoms with van der Waals surface area (Å²) in [4.78, 5) is 13.7. The topological polar surface area (TPSA) is 50.2 Å². The second kappa shape index (κ2) is 5.52. The molecule has 5 heteroatoms. The fraction of sp³-hybridized carbons (Fsp3) is 0.692. The number of carbonyl (C=O) groups is 1. The van der Waals surface area contributed by atoms with Crippen molar-refractivity contribution in [2.45, 2.75) is 38.3 Å². The summed E-state index contributed by atoms with van der Waals surface area (Å²) in [6.45, 7) is 3.88. The normalized spacial score (nSPS) is 23.9. The van der Waals surface area contributed by atoms with Crippen LogP contribution in [0.2, 0.25) is 0 Å². The van der Waals surface area contributed by atoms with Crippen LogP contribution in [0.4, 0.5) is 0 Å². The number of hydrogen-bond donors (Lipinski definition) is 1. The third-order valence-corrected chi connectivity index (χ3v) is 3.61. The van der Waals surface area contributed by atoms with Gasteiger partial charge in [0.15, 0.2) is 0 Å². The van der Waals surface area contributed by atoms with Crippen LogP contribution in [-0.4, -0.2) is 47.3 Å². The highest BCUT2D eigenvalue weighted by Gasteiger charge is 2.29. The van der Waals surface area contributed by atoms with Gasteiger partial charge in [0, 0.05) is 38.4 Å². The Bertz CT molecular complexity index is 413. The van der Waals surface area contributed by atoms with E-state index >= 15 is 0 Å². The number of carbonyl (C=O) groups excluding carboxylic acids is 1. The molecule has 1 aromatic heterocycles. The molecule has 0 aliphatic carbocycles. The van der Waals surface area contributed by atoms with Gasteiger partial charge in [-0.1, -0.05) is 0 Å². The lowest BCUT2D eigenvalue weighted by molar-refractivity contribution is -0.131. The molecule has 1 amide bonds. The summed E-state index contributed by atoms with van der Waals surface area (Å²) in [7, 11) is 3.62. The fourth-order valence-electron chi connectivity index (χ4n) is 2.64. The quantitative estimate of drug-likeness (QED) is 0.864. The Hall–Kier alpha value is -1.36. The van der Waals surface area contributed by atoms with Crippen LogP contribution in [0.1, 0.15) is 31.4 Å². The van der Waals surface area contributed by atoms with E-state index in [2.05, 4.69) is 23.4 Å². The second-order valence-electron chi connectivity index (χ2n) is 5.03. The zero-order valence-electron chi connectivity index (χ0n) is 11.4. The highest BCUT2D eigenvalue weighted by atomic mass is 16.2. The summed E-state index contributed by atoms with van der Waals surface area (Å²) in [5.41, 5.74) is 1.26. The van der Waals surface area contributed by atoms with Crippen LogP contribution >= 0.6 is 0 Å². The minimum atomic E-state index is -0.0565. The van der Waals surface area contributed by atoms with E-state index in [4.69, 9.17) is 0 Å². The zero-order valence-corrected chi connectivity index (χ0v) is 11.4. The van der Waals surface area contributed by atoms with E-state index in [1.165, 1.54) is 5.69 Å². The lowest BCUT2D eigenvalue weighted by Crippen LogP contribution is -2.48. The van der Waals surface area contributed by atoms with E-state index in [1.54, 1.807) is 4.90 Å². The monoisotopic (exact) mass is 250 g/mol. The van der Waals surface area contributed by atoms with E-state index < -0.39 is 0 Å². The summed E-state index contributed by atoms with van der Waals surface area (Å²) >= 11 is 0. The second-order valence-corrected chi connectivity index (χ2v) is 5.03. The summed E-state index contributed by atoms with van der Waals surface area (Å²) < 4.78 is 2.03. The summed E-state index contributed by atoms with van der Waals surface area (Å²) in [6.07, 6.45) is 3.79. The molecule has 2 atom stereocenters. The van der Waals surface area contributed by atoms with E-state index in [0.29, 0.717) is 5.92 Å².